The highest BCUT2D eigenvalue weighted by molar-refractivity contribution is 5.25. The Morgan fingerprint density at radius 3 is 2.80 bits per heavy atom. The third-order valence-corrected chi connectivity index (χ3v) is 5.31. The van der Waals surface area contributed by atoms with Gasteiger partial charge in [-0.3, -0.25) is 9.80 Å². The Kier molecular flexibility index (Phi) is 3.87. The van der Waals surface area contributed by atoms with Gasteiger partial charge in [-0.15, -0.1) is 0 Å². The summed E-state index contributed by atoms with van der Waals surface area (Å²) in [5.41, 5.74) is 2.36. The van der Waals surface area contributed by atoms with Crippen molar-refractivity contribution in [2.45, 2.75) is 65.1 Å². The van der Waals surface area contributed by atoms with E-state index >= 15 is 0 Å². The molecular formula is C16H27N3O. The van der Waals surface area contributed by atoms with Crippen LogP contribution in [0.15, 0.2) is 4.52 Å². The largest absolute Gasteiger partial charge is 0.361 e. The Labute approximate surface area is 122 Å². The Hall–Kier alpha value is -0.870. The van der Waals surface area contributed by atoms with Gasteiger partial charge >= 0.3 is 0 Å². The van der Waals surface area contributed by atoms with E-state index in [1.54, 1.807) is 0 Å². The van der Waals surface area contributed by atoms with Crippen LogP contribution in [-0.4, -0.2) is 46.7 Å². The average Bonchev–Trinajstić information content (AvgIpc) is 3.02. The zero-order chi connectivity index (χ0) is 14.3. The second kappa shape index (κ2) is 5.49. The first kappa shape index (κ1) is 14.1. The first-order chi connectivity index (χ1) is 9.61. The number of piperazine rings is 1. The summed E-state index contributed by atoms with van der Waals surface area (Å²) >= 11 is 0. The van der Waals surface area contributed by atoms with Crippen LogP contribution in [0.25, 0.3) is 0 Å². The summed E-state index contributed by atoms with van der Waals surface area (Å²) in [4.78, 5) is 5.39. The average molecular weight is 277 g/mol. The van der Waals surface area contributed by atoms with Gasteiger partial charge in [-0.25, -0.2) is 0 Å². The van der Waals surface area contributed by atoms with Gasteiger partial charge in [0.15, 0.2) is 0 Å². The van der Waals surface area contributed by atoms with E-state index in [0.29, 0.717) is 12.1 Å². The molecule has 20 heavy (non-hydrogen) atoms. The van der Waals surface area contributed by atoms with E-state index < -0.39 is 0 Å². The quantitative estimate of drug-likeness (QED) is 0.850. The van der Waals surface area contributed by atoms with Crippen LogP contribution in [0.5, 0.6) is 0 Å². The molecule has 3 unspecified atom stereocenters. The van der Waals surface area contributed by atoms with Crippen molar-refractivity contribution >= 4 is 0 Å². The van der Waals surface area contributed by atoms with Crippen molar-refractivity contribution in [1.29, 1.82) is 0 Å². The molecule has 2 saturated heterocycles. The summed E-state index contributed by atoms with van der Waals surface area (Å²) in [7, 11) is 0. The zero-order valence-electron chi connectivity index (χ0n) is 13.2. The number of aryl methyl sites for hydroxylation is 2. The Morgan fingerprint density at radius 2 is 2.15 bits per heavy atom. The van der Waals surface area contributed by atoms with Gasteiger partial charge in [0.1, 0.15) is 5.76 Å². The van der Waals surface area contributed by atoms with E-state index in [2.05, 4.69) is 35.7 Å². The first-order valence-electron chi connectivity index (χ1n) is 8.04. The van der Waals surface area contributed by atoms with E-state index in [1.807, 2.05) is 6.92 Å². The molecule has 0 radical (unpaired) electrons. The number of aromatic nitrogens is 1. The Bertz CT molecular complexity index is 451. The topological polar surface area (TPSA) is 32.5 Å². The third-order valence-electron chi connectivity index (χ3n) is 5.31. The fourth-order valence-corrected chi connectivity index (χ4v) is 4.20. The molecule has 2 aliphatic heterocycles. The first-order valence-corrected chi connectivity index (χ1v) is 8.04. The molecule has 0 N–H and O–H groups in total. The fraction of sp³-hybridized carbons (Fsp3) is 0.812. The van der Waals surface area contributed by atoms with Crippen molar-refractivity contribution in [3.8, 4) is 0 Å². The summed E-state index contributed by atoms with van der Waals surface area (Å²) < 4.78 is 5.38. The highest BCUT2D eigenvalue weighted by Gasteiger charge is 2.38. The maximum absolute atomic E-state index is 5.38. The van der Waals surface area contributed by atoms with Crippen LogP contribution in [0.2, 0.25) is 0 Å². The lowest BCUT2D eigenvalue weighted by Crippen LogP contribution is -2.56. The smallest absolute Gasteiger partial charge is 0.138 e. The van der Waals surface area contributed by atoms with Gasteiger partial charge in [0, 0.05) is 36.8 Å². The molecule has 1 aromatic rings. The van der Waals surface area contributed by atoms with Gasteiger partial charge in [-0.1, -0.05) is 12.1 Å². The minimum Gasteiger partial charge on any atom is -0.361 e. The monoisotopic (exact) mass is 277 g/mol. The molecule has 0 saturated carbocycles. The van der Waals surface area contributed by atoms with E-state index in [-0.39, 0.29) is 0 Å². The van der Waals surface area contributed by atoms with Crippen LogP contribution >= 0.6 is 0 Å². The molecule has 2 aliphatic rings. The van der Waals surface area contributed by atoms with Gasteiger partial charge in [-0.2, -0.15) is 0 Å². The summed E-state index contributed by atoms with van der Waals surface area (Å²) in [6, 6.07) is 1.84. The van der Waals surface area contributed by atoms with E-state index in [9.17, 15) is 0 Å². The summed E-state index contributed by atoms with van der Waals surface area (Å²) in [5, 5.41) is 4.14. The molecule has 0 aromatic carbocycles. The molecule has 0 bridgehead atoms. The van der Waals surface area contributed by atoms with Crippen LogP contribution in [0.4, 0.5) is 0 Å². The van der Waals surface area contributed by atoms with Crippen molar-refractivity contribution in [3.05, 3.63) is 17.0 Å². The minimum atomic E-state index is 0.411. The van der Waals surface area contributed by atoms with Gasteiger partial charge in [0.25, 0.3) is 0 Å². The maximum atomic E-state index is 5.38. The number of rotatable bonds is 3. The van der Waals surface area contributed by atoms with Crippen molar-refractivity contribution in [2.75, 3.05) is 19.6 Å². The van der Waals surface area contributed by atoms with Crippen LogP contribution in [-0.2, 0) is 0 Å². The molecule has 0 amide bonds. The molecule has 3 heterocycles. The maximum Gasteiger partial charge on any atom is 0.138 e. The molecule has 4 nitrogen and oxygen atoms in total. The van der Waals surface area contributed by atoms with Crippen LogP contribution < -0.4 is 0 Å². The number of fused-ring (bicyclic) bond motifs is 1. The van der Waals surface area contributed by atoms with Crippen LogP contribution in [0, 0.1) is 13.8 Å². The fourth-order valence-electron chi connectivity index (χ4n) is 4.20. The summed E-state index contributed by atoms with van der Waals surface area (Å²) in [6.45, 7) is 12.5. The number of hydrogen-bond acceptors (Lipinski definition) is 4. The molecule has 2 fully saturated rings. The van der Waals surface area contributed by atoms with E-state index in [4.69, 9.17) is 4.52 Å². The predicted molar refractivity (Wildman–Crippen MR) is 79.8 cm³/mol. The van der Waals surface area contributed by atoms with E-state index in [1.165, 1.54) is 44.5 Å². The second-order valence-electron chi connectivity index (χ2n) is 6.46. The Morgan fingerprint density at radius 1 is 1.35 bits per heavy atom. The summed E-state index contributed by atoms with van der Waals surface area (Å²) in [6.07, 6.45) is 3.95. The normalized spacial score (nSPS) is 29.6. The lowest BCUT2D eigenvalue weighted by molar-refractivity contribution is 0.0222. The van der Waals surface area contributed by atoms with E-state index in [0.717, 1.165) is 17.5 Å². The van der Waals surface area contributed by atoms with Crippen LogP contribution in [0.3, 0.4) is 0 Å². The number of hydrogen-bond donors (Lipinski definition) is 0. The summed E-state index contributed by atoms with van der Waals surface area (Å²) in [5.74, 6) is 0.985. The van der Waals surface area contributed by atoms with Crippen molar-refractivity contribution < 1.29 is 4.52 Å². The highest BCUT2D eigenvalue weighted by atomic mass is 16.5. The molecule has 112 valence electrons. The molecule has 0 spiro atoms. The molecular weight excluding hydrogens is 250 g/mol. The number of nitrogens with zero attached hydrogens (tertiary/aromatic N) is 3. The Balaban J connectivity index is 1.83. The molecule has 0 aliphatic carbocycles. The standard InChI is InChI=1S/C16H27N3O/c1-5-14-9-18-8-6-7-15(18)10-19(14)12(3)16-11(2)17-20-13(16)4/h12,14-15H,5-10H2,1-4H3. The van der Waals surface area contributed by atoms with Gasteiger partial charge < -0.3 is 4.52 Å². The van der Waals surface area contributed by atoms with Crippen LogP contribution in [0.1, 0.15) is 56.2 Å². The zero-order valence-corrected chi connectivity index (χ0v) is 13.2. The SMILES string of the molecule is CCC1CN2CCCC2CN1C(C)c1c(C)noc1C. The minimum absolute atomic E-state index is 0.411. The predicted octanol–water partition coefficient (Wildman–Crippen LogP) is 2.91. The second-order valence-corrected chi connectivity index (χ2v) is 6.46. The lowest BCUT2D eigenvalue weighted by atomic mass is 9.98. The lowest BCUT2D eigenvalue weighted by Gasteiger charge is -2.46. The van der Waals surface area contributed by atoms with Gasteiger partial charge in [0.2, 0.25) is 0 Å². The molecule has 3 atom stereocenters. The van der Waals surface area contributed by atoms with Gasteiger partial charge in [0.05, 0.1) is 5.69 Å². The van der Waals surface area contributed by atoms with Gasteiger partial charge in [-0.05, 0) is 46.6 Å². The highest BCUT2D eigenvalue weighted by Crippen LogP contribution is 2.34. The van der Waals surface area contributed by atoms with Crippen molar-refractivity contribution in [1.82, 2.24) is 15.0 Å². The molecule has 4 heteroatoms. The molecule has 1 aromatic heterocycles. The van der Waals surface area contributed by atoms with Crippen molar-refractivity contribution in [2.24, 2.45) is 0 Å². The third kappa shape index (κ3) is 2.29. The molecule has 3 rings (SSSR count). The van der Waals surface area contributed by atoms with Crippen molar-refractivity contribution in [3.63, 3.8) is 0 Å².